The number of fused-ring (bicyclic) bond motifs is 1. The lowest BCUT2D eigenvalue weighted by Gasteiger charge is -2.12. The number of hydrogen-bond acceptors (Lipinski definition) is 4. The zero-order valence-corrected chi connectivity index (χ0v) is 19.1. The lowest BCUT2D eigenvalue weighted by atomic mass is 10.1. The molecule has 2 N–H and O–H groups in total. The standard InChI is InChI=1S/C25H18F3N3O3S/c1-3-11-30-25(29)19-13-16(6-9-20(19)26)34-24-21(27)14-22-18(23(24)28)10-12-31(22)35(32,33)17-7-4-15(2)5-8-17/h1,4-10,12-14H,11H2,2H3,(H2,29,30). The van der Waals surface area contributed by atoms with Crippen molar-refractivity contribution >= 4 is 26.8 Å². The quantitative estimate of drug-likeness (QED) is 0.237. The number of nitrogens with zero attached hydrogens (tertiary/aromatic N) is 2. The van der Waals surface area contributed by atoms with E-state index in [1.807, 2.05) is 0 Å². The summed E-state index contributed by atoms with van der Waals surface area (Å²) in [5.74, 6) is -1.90. The summed E-state index contributed by atoms with van der Waals surface area (Å²) in [5, 5.41) is -0.186. The van der Waals surface area contributed by atoms with E-state index in [1.54, 1.807) is 19.1 Å². The van der Waals surface area contributed by atoms with E-state index in [4.69, 9.17) is 16.9 Å². The fourth-order valence-electron chi connectivity index (χ4n) is 3.39. The zero-order valence-electron chi connectivity index (χ0n) is 18.3. The minimum absolute atomic E-state index is 0.0373. The summed E-state index contributed by atoms with van der Waals surface area (Å²) in [4.78, 5) is 3.77. The van der Waals surface area contributed by atoms with Gasteiger partial charge in [0, 0.05) is 17.6 Å². The van der Waals surface area contributed by atoms with Gasteiger partial charge in [0.05, 0.1) is 16.0 Å². The maximum absolute atomic E-state index is 15.3. The third kappa shape index (κ3) is 4.46. The van der Waals surface area contributed by atoms with E-state index >= 15 is 4.39 Å². The Morgan fingerprint density at radius 2 is 1.80 bits per heavy atom. The number of amidine groups is 1. The van der Waals surface area contributed by atoms with Gasteiger partial charge in [-0.1, -0.05) is 23.6 Å². The molecule has 4 aromatic rings. The molecule has 3 aromatic carbocycles. The predicted molar refractivity (Wildman–Crippen MR) is 127 cm³/mol. The Balaban J connectivity index is 1.76. The monoisotopic (exact) mass is 497 g/mol. The Kier molecular flexibility index (Phi) is 6.28. The Morgan fingerprint density at radius 3 is 2.49 bits per heavy atom. The van der Waals surface area contributed by atoms with Gasteiger partial charge in [0.2, 0.25) is 0 Å². The number of aryl methyl sites for hydroxylation is 1. The molecule has 0 unspecified atom stereocenters. The summed E-state index contributed by atoms with van der Waals surface area (Å²) < 4.78 is 76.6. The molecule has 0 spiro atoms. The number of aliphatic imine (C=N–C) groups is 1. The van der Waals surface area contributed by atoms with Crippen LogP contribution in [-0.2, 0) is 10.0 Å². The SMILES string of the molecule is C#CCN=C(N)c1cc(Oc2c(F)cc3c(ccn3S(=O)(=O)c3ccc(C)cc3)c2F)ccc1F. The van der Waals surface area contributed by atoms with Gasteiger partial charge in [-0.2, -0.15) is 0 Å². The fraction of sp³-hybridized carbons (Fsp3) is 0.0800. The molecule has 10 heteroatoms. The molecule has 0 amide bonds. The van der Waals surface area contributed by atoms with Crippen molar-refractivity contribution in [3.63, 3.8) is 0 Å². The first kappa shape index (κ1) is 23.9. The molecule has 0 fully saturated rings. The topological polar surface area (TPSA) is 86.7 Å². The second-order valence-corrected chi connectivity index (χ2v) is 9.33. The number of nitrogens with two attached hydrogens (primary N) is 1. The molecule has 0 atom stereocenters. The van der Waals surface area contributed by atoms with Gasteiger partial charge in [-0.25, -0.2) is 25.6 Å². The summed E-state index contributed by atoms with van der Waals surface area (Å²) in [6.07, 6.45) is 6.25. The number of hydrogen-bond donors (Lipinski definition) is 1. The van der Waals surface area contributed by atoms with E-state index < -0.39 is 33.2 Å². The van der Waals surface area contributed by atoms with Crippen molar-refractivity contribution in [2.24, 2.45) is 10.7 Å². The summed E-state index contributed by atoms with van der Waals surface area (Å²) in [7, 11) is -4.11. The van der Waals surface area contributed by atoms with Gasteiger partial charge in [0.25, 0.3) is 10.0 Å². The Hall–Kier alpha value is -4.23. The van der Waals surface area contributed by atoms with Crippen molar-refractivity contribution in [3.05, 3.63) is 89.4 Å². The Morgan fingerprint density at radius 1 is 1.09 bits per heavy atom. The van der Waals surface area contributed by atoms with E-state index in [0.717, 1.165) is 40.0 Å². The van der Waals surface area contributed by atoms with Crippen LogP contribution in [0.1, 0.15) is 11.1 Å². The smallest absolute Gasteiger partial charge is 0.268 e. The molecule has 0 radical (unpaired) electrons. The summed E-state index contributed by atoms with van der Waals surface area (Å²) in [6, 6.07) is 11.4. The molecule has 0 aliphatic rings. The van der Waals surface area contributed by atoms with Gasteiger partial charge in [-0.15, -0.1) is 6.42 Å². The minimum atomic E-state index is -4.11. The number of rotatable bonds is 6. The van der Waals surface area contributed by atoms with Gasteiger partial charge in [0.15, 0.2) is 17.4 Å². The molecule has 4 rings (SSSR count). The van der Waals surface area contributed by atoms with Gasteiger partial charge in [-0.05, 0) is 43.3 Å². The van der Waals surface area contributed by atoms with Crippen LogP contribution in [0.25, 0.3) is 10.9 Å². The number of benzene rings is 3. The van der Waals surface area contributed by atoms with Crippen molar-refractivity contribution < 1.29 is 26.3 Å². The molecular formula is C25H18F3N3O3S. The third-order valence-electron chi connectivity index (χ3n) is 5.16. The van der Waals surface area contributed by atoms with Crippen LogP contribution in [-0.4, -0.2) is 24.8 Å². The number of ether oxygens (including phenoxy) is 1. The summed E-state index contributed by atoms with van der Waals surface area (Å²) in [6.45, 7) is 1.72. The normalized spacial score (nSPS) is 12.0. The number of terminal acetylenes is 1. The van der Waals surface area contributed by atoms with E-state index in [1.165, 1.54) is 18.2 Å². The van der Waals surface area contributed by atoms with Gasteiger partial charge in [-0.3, -0.25) is 4.99 Å². The lowest BCUT2D eigenvalue weighted by Crippen LogP contribution is -2.16. The fourth-order valence-corrected chi connectivity index (χ4v) is 4.73. The van der Waals surface area contributed by atoms with Crippen LogP contribution in [0.15, 0.2) is 70.7 Å². The molecule has 1 aromatic heterocycles. The molecule has 178 valence electrons. The summed E-state index contributed by atoms with van der Waals surface area (Å²) >= 11 is 0. The highest BCUT2D eigenvalue weighted by molar-refractivity contribution is 7.90. The largest absolute Gasteiger partial charge is 0.451 e. The van der Waals surface area contributed by atoms with Crippen LogP contribution in [0.5, 0.6) is 11.5 Å². The number of aromatic nitrogens is 1. The zero-order chi connectivity index (χ0) is 25.3. The van der Waals surface area contributed by atoms with Crippen LogP contribution < -0.4 is 10.5 Å². The first-order valence-electron chi connectivity index (χ1n) is 10.2. The molecule has 0 bridgehead atoms. The maximum Gasteiger partial charge on any atom is 0.268 e. The van der Waals surface area contributed by atoms with Gasteiger partial charge in [0.1, 0.15) is 23.9 Å². The van der Waals surface area contributed by atoms with Crippen LogP contribution in [0.4, 0.5) is 13.2 Å². The molecule has 0 saturated carbocycles. The van der Waals surface area contributed by atoms with Crippen molar-refractivity contribution in [2.75, 3.05) is 6.54 Å². The molecule has 1 heterocycles. The highest BCUT2D eigenvalue weighted by atomic mass is 32.2. The number of halogens is 3. The van der Waals surface area contributed by atoms with Crippen molar-refractivity contribution in [3.8, 4) is 23.8 Å². The molecule has 35 heavy (non-hydrogen) atoms. The van der Waals surface area contributed by atoms with E-state index in [0.29, 0.717) is 0 Å². The summed E-state index contributed by atoms with van der Waals surface area (Å²) in [5.41, 5.74) is 6.22. The van der Waals surface area contributed by atoms with Gasteiger partial charge < -0.3 is 10.5 Å². The first-order chi connectivity index (χ1) is 16.6. The Labute approximate surface area is 199 Å². The van der Waals surface area contributed by atoms with Crippen LogP contribution in [0, 0.1) is 36.7 Å². The third-order valence-corrected chi connectivity index (χ3v) is 6.86. The highest BCUT2D eigenvalue weighted by Crippen LogP contribution is 2.35. The van der Waals surface area contributed by atoms with Crippen LogP contribution in [0.3, 0.4) is 0 Å². The van der Waals surface area contributed by atoms with Crippen molar-refractivity contribution in [1.29, 1.82) is 0 Å². The molecule has 0 saturated heterocycles. The average molecular weight is 497 g/mol. The van der Waals surface area contributed by atoms with Gasteiger partial charge >= 0.3 is 0 Å². The van der Waals surface area contributed by atoms with Crippen molar-refractivity contribution in [1.82, 2.24) is 3.97 Å². The molecule has 0 aliphatic heterocycles. The average Bonchev–Trinajstić information content (AvgIpc) is 3.26. The highest BCUT2D eigenvalue weighted by Gasteiger charge is 2.24. The molecule has 6 nitrogen and oxygen atoms in total. The maximum atomic E-state index is 15.3. The van der Waals surface area contributed by atoms with E-state index in [9.17, 15) is 17.2 Å². The lowest BCUT2D eigenvalue weighted by molar-refractivity contribution is 0.410. The predicted octanol–water partition coefficient (Wildman–Crippen LogP) is 4.73. The second-order valence-electron chi connectivity index (χ2n) is 7.51. The minimum Gasteiger partial charge on any atom is -0.451 e. The van der Waals surface area contributed by atoms with E-state index in [2.05, 4.69) is 10.9 Å². The second kappa shape index (κ2) is 9.19. The molecular weight excluding hydrogens is 479 g/mol. The first-order valence-corrected chi connectivity index (χ1v) is 11.6. The Bertz CT molecular complexity index is 1620. The van der Waals surface area contributed by atoms with Crippen LogP contribution in [0.2, 0.25) is 0 Å². The van der Waals surface area contributed by atoms with Crippen molar-refractivity contribution in [2.45, 2.75) is 11.8 Å². The molecule has 0 aliphatic carbocycles. The van der Waals surface area contributed by atoms with Crippen LogP contribution >= 0.6 is 0 Å². The van der Waals surface area contributed by atoms with E-state index in [-0.39, 0.29) is 39.5 Å².